The van der Waals surface area contributed by atoms with Crippen LogP contribution in [0.15, 0.2) is 4.99 Å². The quantitative estimate of drug-likeness (QED) is 0.347. The maximum absolute atomic E-state index is 12.2. The van der Waals surface area contributed by atoms with Crippen molar-refractivity contribution in [2.45, 2.75) is 70.2 Å². The van der Waals surface area contributed by atoms with Crippen LogP contribution in [0.3, 0.4) is 0 Å². The molecule has 2 amide bonds. The van der Waals surface area contributed by atoms with Crippen LogP contribution in [0, 0.1) is 11.3 Å². The average molecular weight is 312 g/mol. The SMILES string of the molecule is CC[C@](C)(C#N)N=C(N1C(=O)CCCC1=O)[C@](C)(Cl)CC. The first-order chi connectivity index (χ1) is 9.70. The number of nitriles is 1. The third-order valence-corrected chi connectivity index (χ3v) is 4.34. The van der Waals surface area contributed by atoms with Crippen LogP contribution in [0.5, 0.6) is 0 Å². The molecule has 21 heavy (non-hydrogen) atoms. The molecule has 2 atom stereocenters. The summed E-state index contributed by atoms with van der Waals surface area (Å²) in [6.45, 7) is 7.09. The lowest BCUT2D eigenvalue weighted by Gasteiger charge is -2.34. The average Bonchev–Trinajstić information content (AvgIpc) is 2.45. The van der Waals surface area contributed by atoms with Crippen molar-refractivity contribution in [1.29, 1.82) is 5.26 Å². The predicted molar refractivity (Wildman–Crippen MR) is 82.0 cm³/mol. The van der Waals surface area contributed by atoms with E-state index >= 15 is 0 Å². The van der Waals surface area contributed by atoms with Gasteiger partial charge in [0.25, 0.3) is 0 Å². The molecule has 0 radical (unpaired) electrons. The summed E-state index contributed by atoms with van der Waals surface area (Å²) in [6, 6.07) is 2.13. The normalized spacial score (nSPS) is 22.5. The van der Waals surface area contributed by atoms with E-state index in [1.54, 1.807) is 13.8 Å². The van der Waals surface area contributed by atoms with Crippen molar-refractivity contribution in [3.63, 3.8) is 0 Å². The molecule has 1 aliphatic heterocycles. The fourth-order valence-electron chi connectivity index (χ4n) is 1.96. The number of likely N-dealkylation sites (tertiary alicyclic amines) is 1. The molecule has 1 heterocycles. The summed E-state index contributed by atoms with van der Waals surface area (Å²) in [4.78, 5) is 28.9. The maximum Gasteiger partial charge on any atom is 0.234 e. The number of carbonyl (C=O) groups excluding carboxylic acids is 2. The van der Waals surface area contributed by atoms with Gasteiger partial charge in [-0.1, -0.05) is 13.8 Å². The van der Waals surface area contributed by atoms with E-state index in [1.807, 2.05) is 13.8 Å². The molecule has 0 N–H and O–H groups in total. The fourth-order valence-corrected chi connectivity index (χ4v) is 2.09. The van der Waals surface area contributed by atoms with Crippen molar-refractivity contribution in [3.05, 3.63) is 0 Å². The van der Waals surface area contributed by atoms with E-state index < -0.39 is 10.4 Å². The molecule has 0 aromatic rings. The highest BCUT2D eigenvalue weighted by Crippen LogP contribution is 2.29. The number of aliphatic imine (C=N–C) groups is 1. The molecule has 1 rings (SSSR count). The summed E-state index contributed by atoms with van der Waals surface area (Å²) in [5, 5.41) is 9.31. The largest absolute Gasteiger partial charge is 0.274 e. The summed E-state index contributed by atoms with van der Waals surface area (Å²) in [5.41, 5.74) is -1.00. The number of hydrogen-bond acceptors (Lipinski definition) is 4. The number of halogens is 1. The minimum atomic E-state index is -1.00. The molecule has 116 valence electrons. The summed E-state index contributed by atoms with van der Waals surface area (Å²) < 4.78 is 0. The van der Waals surface area contributed by atoms with Gasteiger partial charge in [-0.15, -0.1) is 11.6 Å². The fraction of sp³-hybridized carbons (Fsp3) is 0.733. The smallest absolute Gasteiger partial charge is 0.234 e. The number of alkyl halides is 1. The zero-order valence-corrected chi connectivity index (χ0v) is 13.8. The molecule has 1 aliphatic rings. The van der Waals surface area contributed by atoms with Gasteiger partial charge in [-0.3, -0.25) is 9.59 Å². The maximum atomic E-state index is 12.2. The van der Waals surface area contributed by atoms with Gasteiger partial charge >= 0.3 is 0 Å². The molecular formula is C15H22ClN3O2. The van der Waals surface area contributed by atoms with Crippen molar-refractivity contribution >= 4 is 29.3 Å². The molecule has 1 fully saturated rings. The van der Waals surface area contributed by atoms with E-state index in [0.717, 1.165) is 4.90 Å². The number of piperidine rings is 1. The highest BCUT2D eigenvalue weighted by molar-refractivity contribution is 6.38. The van der Waals surface area contributed by atoms with Gasteiger partial charge < -0.3 is 0 Å². The third-order valence-electron chi connectivity index (χ3n) is 3.90. The number of hydrogen-bond donors (Lipinski definition) is 0. The second-order valence-corrected chi connectivity index (χ2v) is 6.54. The molecule has 0 aromatic heterocycles. The summed E-state index contributed by atoms with van der Waals surface area (Å²) in [7, 11) is 0. The Labute approximate surface area is 131 Å². The lowest BCUT2D eigenvalue weighted by atomic mass is 9.98. The molecular weight excluding hydrogens is 290 g/mol. The molecule has 0 saturated carbocycles. The summed E-state index contributed by atoms with van der Waals surface area (Å²) in [6.07, 6.45) is 2.12. The standard InChI is InChI=1S/C15H22ClN3O2/c1-5-14(3,10-17)18-13(15(4,16)6-2)19-11(20)8-7-9-12(19)21/h5-9H2,1-4H3/t14-,15-/m1/s1. The highest BCUT2D eigenvalue weighted by atomic mass is 35.5. The van der Waals surface area contributed by atoms with E-state index in [9.17, 15) is 14.9 Å². The van der Waals surface area contributed by atoms with E-state index in [4.69, 9.17) is 11.6 Å². The molecule has 0 spiro atoms. The first-order valence-electron chi connectivity index (χ1n) is 7.27. The van der Waals surface area contributed by atoms with Gasteiger partial charge in [-0.05, 0) is 33.1 Å². The predicted octanol–water partition coefficient (Wildman–Crippen LogP) is 3.02. The first kappa shape index (κ1) is 17.6. The van der Waals surface area contributed by atoms with E-state index in [1.165, 1.54) is 0 Å². The Morgan fingerprint density at radius 1 is 1.29 bits per heavy atom. The van der Waals surface area contributed by atoms with Crippen LogP contribution in [-0.4, -0.2) is 33.0 Å². The number of rotatable bonds is 4. The van der Waals surface area contributed by atoms with Gasteiger partial charge in [0.2, 0.25) is 11.8 Å². The third kappa shape index (κ3) is 3.82. The lowest BCUT2D eigenvalue weighted by Crippen LogP contribution is -2.52. The van der Waals surface area contributed by atoms with Crippen LogP contribution in [0.1, 0.15) is 59.8 Å². The summed E-state index contributed by atoms with van der Waals surface area (Å²) >= 11 is 6.48. The number of amidine groups is 1. The van der Waals surface area contributed by atoms with Gasteiger partial charge in [0.05, 0.1) is 10.9 Å². The molecule has 5 nitrogen and oxygen atoms in total. The van der Waals surface area contributed by atoms with Crippen molar-refractivity contribution in [1.82, 2.24) is 4.90 Å². The minimum absolute atomic E-state index is 0.201. The summed E-state index contributed by atoms with van der Waals surface area (Å²) in [5.74, 6) is -0.379. The Bertz CT molecular complexity index is 492. The van der Waals surface area contributed by atoms with E-state index in [0.29, 0.717) is 32.1 Å². The number of carbonyl (C=O) groups is 2. The van der Waals surface area contributed by atoms with Crippen LogP contribution < -0.4 is 0 Å². The van der Waals surface area contributed by atoms with E-state index in [-0.39, 0.29) is 17.6 Å². The van der Waals surface area contributed by atoms with Crippen LogP contribution in [0.4, 0.5) is 0 Å². The Balaban J connectivity index is 3.40. The van der Waals surface area contributed by atoms with Crippen LogP contribution >= 0.6 is 11.6 Å². The van der Waals surface area contributed by atoms with Crippen LogP contribution in [0.25, 0.3) is 0 Å². The van der Waals surface area contributed by atoms with Crippen molar-refractivity contribution < 1.29 is 9.59 Å². The molecule has 0 aromatic carbocycles. The Kier molecular flexibility index (Phi) is 5.52. The first-order valence-corrected chi connectivity index (χ1v) is 7.65. The van der Waals surface area contributed by atoms with Crippen LogP contribution in [0.2, 0.25) is 0 Å². The van der Waals surface area contributed by atoms with Crippen molar-refractivity contribution in [3.8, 4) is 6.07 Å². The van der Waals surface area contributed by atoms with Crippen molar-refractivity contribution in [2.24, 2.45) is 4.99 Å². The lowest BCUT2D eigenvalue weighted by molar-refractivity contribution is -0.142. The van der Waals surface area contributed by atoms with Gasteiger partial charge in [-0.2, -0.15) is 5.26 Å². The number of nitrogens with zero attached hydrogens (tertiary/aromatic N) is 3. The monoisotopic (exact) mass is 311 g/mol. The zero-order valence-electron chi connectivity index (χ0n) is 13.1. The molecule has 0 bridgehead atoms. The van der Waals surface area contributed by atoms with Gasteiger partial charge in [0.15, 0.2) is 0 Å². The second kappa shape index (κ2) is 6.57. The molecule has 0 unspecified atom stereocenters. The van der Waals surface area contributed by atoms with Gasteiger partial charge in [0, 0.05) is 12.8 Å². The van der Waals surface area contributed by atoms with Crippen molar-refractivity contribution in [2.75, 3.05) is 0 Å². The Morgan fingerprint density at radius 3 is 2.19 bits per heavy atom. The van der Waals surface area contributed by atoms with Gasteiger partial charge in [0.1, 0.15) is 11.4 Å². The highest BCUT2D eigenvalue weighted by Gasteiger charge is 2.40. The minimum Gasteiger partial charge on any atom is -0.274 e. The number of amides is 2. The molecule has 6 heteroatoms. The van der Waals surface area contributed by atoms with Gasteiger partial charge in [-0.25, -0.2) is 9.89 Å². The van der Waals surface area contributed by atoms with E-state index in [2.05, 4.69) is 11.1 Å². The molecule has 0 aliphatic carbocycles. The van der Waals surface area contributed by atoms with Crippen LogP contribution in [-0.2, 0) is 9.59 Å². The second-order valence-electron chi connectivity index (χ2n) is 5.70. The topological polar surface area (TPSA) is 73.5 Å². The zero-order chi connectivity index (χ0) is 16.3. The Morgan fingerprint density at radius 2 is 1.81 bits per heavy atom. The Hall–Kier alpha value is -1.41. The molecule has 1 saturated heterocycles. The number of imide groups is 1.